The summed E-state index contributed by atoms with van der Waals surface area (Å²) in [6.07, 6.45) is 5.25. The maximum Gasteiger partial charge on any atom is 0.127 e. The summed E-state index contributed by atoms with van der Waals surface area (Å²) >= 11 is 0. The maximum atomic E-state index is 5.47. The van der Waals surface area contributed by atoms with E-state index in [0.717, 1.165) is 5.75 Å². The van der Waals surface area contributed by atoms with Crippen LogP contribution in [0.15, 0.2) is 61.4 Å². The fraction of sp³-hybridized carbons (Fsp3) is 0.0769. The second-order valence-corrected chi connectivity index (χ2v) is 2.98. The van der Waals surface area contributed by atoms with E-state index in [1.807, 2.05) is 31.2 Å². The molecule has 0 atom stereocenters. The van der Waals surface area contributed by atoms with Gasteiger partial charge in [0.15, 0.2) is 0 Å². The molecule has 0 heterocycles. The lowest BCUT2D eigenvalue weighted by molar-refractivity contribution is 0.446. The molecule has 72 valence electrons. The molecule has 0 N–H and O–H groups in total. The lowest BCUT2D eigenvalue weighted by Crippen LogP contribution is -1.89. The normalized spacial score (nSPS) is 10.1. The lowest BCUT2D eigenvalue weighted by atomic mass is 10.2. The van der Waals surface area contributed by atoms with Crippen molar-refractivity contribution in [2.24, 2.45) is 0 Å². The van der Waals surface area contributed by atoms with Crippen LogP contribution in [0.5, 0.6) is 5.75 Å². The van der Waals surface area contributed by atoms with Crippen molar-refractivity contribution < 1.29 is 4.74 Å². The first-order valence-corrected chi connectivity index (χ1v) is 4.45. The smallest absolute Gasteiger partial charge is 0.127 e. The summed E-state index contributed by atoms with van der Waals surface area (Å²) in [6.45, 7) is 9.35. The molecule has 1 nitrogen and oxygen atoms in total. The van der Waals surface area contributed by atoms with Gasteiger partial charge in [0.1, 0.15) is 11.5 Å². The quantitative estimate of drug-likeness (QED) is 0.515. The van der Waals surface area contributed by atoms with Gasteiger partial charge in [0, 0.05) is 0 Å². The van der Waals surface area contributed by atoms with E-state index in [-0.39, 0.29) is 0 Å². The van der Waals surface area contributed by atoms with Crippen LogP contribution in [0.25, 0.3) is 0 Å². The number of allylic oxidation sites excluding steroid dienone is 3. The molecule has 14 heavy (non-hydrogen) atoms. The molecule has 0 aliphatic heterocycles. The highest BCUT2D eigenvalue weighted by molar-refractivity contribution is 5.30. The predicted octanol–water partition coefficient (Wildman–Crippen LogP) is 3.63. The van der Waals surface area contributed by atoms with E-state index in [1.165, 1.54) is 5.56 Å². The molecule has 1 rings (SSSR count). The molecule has 0 unspecified atom stereocenters. The van der Waals surface area contributed by atoms with Crippen LogP contribution in [-0.4, -0.2) is 0 Å². The van der Waals surface area contributed by atoms with Crippen molar-refractivity contribution in [2.45, 2.75) is 6.92 Å². The second kappa shape index (κ2) is 5.07. The van der Waals surface area contributed by atoms with Gasteiger partial charge in [-0.3, -0.25) is 0 Å². The molecule has 0 aromatic heterocycles. The van der Waals surface area contributed by atoms with Gasteiger partial charge in [-0.1, -0.05) is 37.4 Å². The Morgan fingerprint density at radius 3 is 2.86 bits per heavy atom. The summed E-state index contributed by atoms with van der Waals surface area (Å²) in [6, 6.07) is 7.84. The van der Waals surface area contributed by atoms with Gasteiger partial charge >= 0.3 is 0 Å². The molecule has 0 aliphatic carbocycles. The third-order valence-corrected chi connectivity index (χ3v) is 1.66. The summed E-state index contributed by atoms with van der Waals surface area (Å²) in [5.74, 6) is 1.42. The van der Waals surface area contributed by atoms with Crippen molar-refractivity contribution in [1.29, 1.82) is 0 Å². The van der Waals surface area contributed by atoms with Crippen LogP contribution in [-0.2, 0) is 0 Å². The molecule has 1 heteroatoms. The summed E-state index contributed by atoms with van der Waals surface area (Å²) in [7, 11) is 0. The topological polar surface area (TPSA) is 9.23 Å². The number of benzene rings is 1. The Bertz CT molecular complexity index is 361. The largest absolute Gasteiger partial charge is 0.458 e. The monoisotopic (exact) mass is 186 g/mol. The molecule has 1 aromatic carbocycles. The minimum Gasteiger partial charge on any atom is -0.458 e. The van der Waals surface area contributed by atoms with Gasteiger partial charge in [0.25, 0.3) is 0 Å². The minimum absolute atomic E-state index is 0.607. The zero-order chi connectivity index (χ0) is 10.4. The highest BCUT2D eigenvalue weighted by Crippen LogP contribution is 2.15. The summed E-state index contributed by atoms with van der Waals surface area (Å²) in [4.78, 5) is 0. The number of hydrogen-bond acceptors (Lipinski definition) is 1. The van der Waals surface area contributed by atoms with Gasteiger partial charge in [-0.2, -0.15) is 0 Å². The molecule has 0 fully saturated rings. The highest BCUT2D eigenvalue weighted by Gasteiger charge is 1.94. The van der Waals surface area contributed by atoms with Crippen LogP contribution in [0.4, 0.5) is 0 Å². The summed E-state index contributed by atoms with van der Waals surface area (Å²) in [5, 5.41) is 0. The van der Waals surface area contributed by atoms with E-state index in [2.05, 4.69) is 13.2 Å². The molecule has 0 amide bonds. The zero-order valence-corrected chi connectivity index (χ0v) is 8.36. The number of aryl methyl sites for hydroxylation is 1. The Kier molecular flexibility index (Phi) is 3.74. The Balaban J connectivity index is 2.64. The van der Waals surface area contributed by atoms with Gasteiger partial charge < -0.3 is 4.74 Å². The third-order valence-electron chi connectivity index (χ3n) is 1.66. The van der Waals surface area contributed by atoms with Gasteiger partial charge in [-0.05, 0) is 30.7 Å². The van der Waals surface area contributed by atoms with Crippen molar-refractivity contribution in [2.75, 3.05) is 0 Å². The molecule has 0 saturated carbocycles. The summed E-state index contributed by atoms with van der Waals surface area (Å²) < 4.78 is 5.47. The predicted molar refractivity (Wildman–Crippen MR) is 60.3 cm³/mol. The van der Waals surface area contributed by atoms with Gasteiger partial charge in [0.05, 0.1) is 0 Å². The Hall–Kier alpha value is -1.76. The van der Waals surface area contributed by atoms with E-state index >= 15 is 0 Å². The van der Waals surface area contributed by atoms with Crippen molar-refractivity contribution in [3.05, 3.63) is 67.0 Å². The van der Waals surface area contributed by atoms with E-state index < -0.39 is 0 Å². The van der Waals surface area contributed by atoms with Gasteiger partial charge in [0.2, 0.25) is 0 Å². The fourth-order valence-corrected chi connectivity index (χ4v) is 1.04. The fourth-order valence-electron chi connectivity index (χ4n) is 1.04. The number of rotatable bonds is 4. The van der Waals surface area contributed by atoms with E-state index in [0.29, 0.717) is 5.76 Å². The van der Waals surface area contributed by atoms with Gasteiger partial charge in [-0.15, -0.1) is 0 Å². The Labute approximate surface area is 85.0 Å². The molecular formula is C13H14O. The first-order valence-electron chi connectivity index (χ1n) is 4.45. The second-order valence-electron chi connectivity index (χ2n) is 2.98. The Morgan fingerprint density at radius 2 is 2.21 bits per heavy atom. The molecule has 1 aromatic rings. The average molecular weight is 186 g/mol. The molecule has 0 spiro atoms. The van der Waals surface area contributed by atoms with Crippen LogP contribution in [0.3, 0.4) is 0 Å². The maximum absolute atomic E-state index is 5.47. The molecule has 0 bridgehead atoms. The van der Waals surface area contributed by atoms with Crippen LogP contribution in [0.2, 0.25) is 0 Å². The van der Waals surface area contributed by atoms with Crippen molar-refractivity contribution in [1.82, 2.24) is 0 Å². The van der Waals surface area contributed by atoms with Crippen molar-refractivity contribution in [3.8, 4) is 5.75 Å². The van der Waals surface area contributed by atoms with Crippen molar-refractivity contribution in [3.63, 3.8) is 0 Å². The molecule has 0 aliphatic rings. The highest BCUT2D eigenvalue weighted by atomic mass is 16.5. The van der Waals surface area contributed by atoms with Crippen molar-refractivity contribution >= 4 is 0 Å². The average Bonchev–Trinajstić information content (AvgIpc) is 2.15. The number of hydrogen-bond donors (Lipinski definition) is 0. The van der Waals surface area contributed by atoms with Crippen LogP contribution < -0.4 is 4.74 Å². The minimum atomic E-state index is 0.607. The zero-order valence-electron chi connectivity index (χ0n) is 8.36. The van der Waals surface area contributed by atoms with E-state index in [1.54, 1.807) is 18.2 Å². The standard InChI is InChI=1S/C13H14O/c1-4-5-8-12(3)14-13-9-6-7-11(2)10-13/h4-10H,1,3H2,2H3/b8-5-. The Morgan fingerprint density at radius 1 is 1.43 bits per heavy atom. The first-order chi connectivity index (χ1) is 6.72. The first kappa shape index (κ1) is 10.3. The van der Waals surface area contributed by atoms with E-state index in [4.69, 9.17) is 4.74 Å². The van der Waals surface area contributed by atoms with Crippen LogP contribution in [0, 0.1) is 6.92 Å². The summed E-state index contributed by atoms with van der Waals surface area (Å²) in [5.41, 5.74) is 1.17. The number of ether oxygens (including phenoxy) is 1. The van der Waals surface area contributed by atoms with Crippen LogP contribution >= 0.6 is 0 Å². The lowest BCUT2D eigenvalue weighted by Gasteiger charge is -2.04. The SMILES string of the molecule is C=C/C=C\C(=C)Oc1cccc(C)c1. The molecule has 0 radical (unpaired) electrons. The van der Waals surface area contributed by atoms with Crippen LogP contribution in [0.1, 0.15) is 5.56 Å². The van der Waals surface area contributed by atoms with Gasteiger partial charge in [-0.25, -0.2) is 0 Å². The molecular weight excluding hydrogens is 172 g/mol. The van der Waals surface area contributed by atoms with E-state index in [9.17, 15) is 0 Å². The third kappa shape index (κ3) is 3.31. The molecule has 0 saturated heterocycles.